The Kier molecular flexibility index (Phi) is 7.94. The number of aromatic nitrogens is 1. The Morgan fingerprint density at radius 3 is 2.67 bits per heavy atom. The van der Waals surface area contributed by atoms with Crippen molar-refractivity contribution in [3.05, 3.63) is 70.3 Å². The number of nitrogens with zero attached hydrogens (tertiary/aromatic N) is 2. The number of carbonyl (C=O) groups excluding carboxylic acids is 2. The number of halogens is 1. The van der Waals surface area contributed by atoms with Crippen LogP contribution in [0.5, 0.6) is 11.5 Å². The van der Waals surface area contributed by atoms with E-state index in [1.807, 2.05) is 41.3 Å². The molecule has 2 amide bonds. The highest BCUT2D eigenvalue weighted by atomic mass is 19.1. The van der Waals surface area contributed by atoms with Crippen LogP contribution in [-0.2, 0) is 4.79 Å². The summed E-state index contributed by atoms with van der Waals surface area (Å²) in [5.74, 6) is 1.05. The Morgan fingerprint density at radius 1 is 1.07 bits per heavy atom. The number of hydrogen-bond donors (Lipinski definition) is 2. The molecular formula is C36H39FN4O4. The largest absolute Gasteiger partial charge is 0.451 e. The Morgan fingerprint density at radius 2 is 1.89 bits per heavy atom. The normalized spacial score (nSPS) is 19.1. The molecule has 3 aliphatic rings. The highest BCUT2D eigenvalue weighted by Crippen LogP contribution is 2.46. The minimum atomic E-state index is -0.633. The summed E-state index contributed by atoms with van der Waals surface area (Å²) in [6, 6.07) is 12.9. The van der Waals surface area contributed by atoms with Gasteiger partial charge in [-0.2, -0.15) is 0 Å². The zero-order valence-corrected chi connectivity index (χ0v) is 25.7. The summed E-state index contributed by atoms with van der Waals surface area (Å²) >= 11 is 0. The second kappa shape index (κ2) is 12.2. The van der Waals surface area contributed by atoms with Crippen LogP contribution >= 0.6 is 0 Å². The van der Waals surface area contributed by atoms with Gasteiger partial charge >= 0.3 is 0 Å². The smallest absolute Gasteiger partial charge is 0.256 e. The molecule has 8 nitrogen and oxygen atoms in total. The first kappa shape index (κ1) is 29.3. The molecule has 2 fully saturated rings. The van der Waals surface area contributed by atoms with Crippen molar-refractivity contribution in [2.24, 2.45) is 11.8 Å². The molecule has 1 saturated carbocycles. The fourth-order valence-corrected chi connectivity index (χ4v) is 7.36. The second-order valence-electron chi connectivity index (χ2n) is 12.9. The summed E-state index contributed by atoms with van der Waals surface area (Å²) < 4.78 is 24.0. The number of pyridine rings is 1. The molecule has 1 saturated heterocycles. The fraction of sp³-hybridized carbons (Fsp3) is 0.417. The first-order valence-electron chi connectivity index (χ1n) is 16.3. The predicted octanol–water partition coefficient (Wildman–Crippen LogP) is 6.76. The van der Waals surface area contributed by atoms with E-state index >= 15 is 4.39 Å². The van der Waals surface area contributed by atoms with E-state index in [9.17, 15) is 14.4 Å². The van der Waals surface area contributed by atoms with E-state index in [1.54, 1.807) is 10.8 Å². The standard InChI is InChI=1S/C36H39FN4O4/c1-22-7-4-8-23(17-22)12-14-39-36(44)27-21-41-29-18-24-9-2-3-10-25(24)19-30(29)45-35-32(28(37)20-26(33(35)41)34(27)43)38-13-6-16-40-15-5-11-31(40)42/h2-3,9-10,18-23,38H,4-8,11-17H2,1H3,(H,39,44). The molecule has 3 aromatic carbocycles. The van der Waals surface area contributed by atoms with Crippen molar-refractivity contribution in [2.75, 3.05) is 31.5 Å². The van der Waals surface area contributed by atoms with Crippen LogP contribution in [0.15, 0.2) is 53.5 Å². The molecule has 9 heteroatoms. The second-order valence-corrected chi connectivity index (χ2v) is 12.9. The van der Waals surface area contributed by atoms with Crippen molar-refractivity contribution in [2.45, 2.75) is 58.3 Å². The van der Waals surface area contributed by atoms with Crippen molar-refractivity contribution >= 4 is 39.2 Å². The SMILES string of the molecule is CC1CCCC(CCNC(=O)c2cn3c4c(c(NCCCN5CCCC5=O)c(F)cc4c2=O)Oc2cc4ccccc4cc2-3)C1. The van der Waals surface area contributed by atoms with E-state index in [0.717, 1.165) is 36.6 Å². The van der Waals surface area contributed by atoms with E-state index in [1.165, 1.54) is 25.3 Å². The maximum absolute atomic E-state index is 15.8. The van der Waals surface area contributed by atoms with Crippen LogP contribution in [0.4, 0.5) is 10.1 Å². The average Bonchev–Trinajstić information content (AvgIpc) is 3.44. The minimum absolute atomic E-state index is 0.0261. The van der Waals surface area contributed by atoms with Crippen LogP contribution in [0.1, 0.15) is 68.6 Å². The quantitative estimate of drug-likeness (QED) is 0.180. The minimum Gasteiger partial charge on any atom is -0.451 e. The Labute approximate surface area is 261 Å². The summed E-state index contributed by atoms with van der Waals surface area (Å²) in [6.45, 7) is 4.53. The molecule has 2 N–H and O–H groups in total. The summed E-state index contributed by atoms with van der Waals surface area (Å²) in [7, 11) is 0. The van der Waals surface area contributed by atoms with Gasteiger partial charge in [0.2, 0.25) is 11.3 Å². The van der Waals surface area contributed by atoms with Crippen LogP contribution in [-0.4, -0.2) is 47.5 Å². The third-order valence-electron chi connectivity index (χ3n) is 9.70. The first-order valence-corrected chi connectivity index (χ1v) is 16.3. The molecule has 7 rings (SSSR count). The van der Waals surface area contributed by atoms with E-state index < -0.39 is 17.2 Å². The number of rotatable bonds is 9. The molecule has 1 aliphatic carbocycles. The number of ether oxygens (including phenoxy) is 1. The summed E-state index contributed by atoms with van der Waals surface area (Å²) in [5.41, 5.74) is 0.677. The van der Waals surface area contributed by atoms with Gasteiger partial charge < -0.3 is 24.8 Å². The van der Waals surface area contributed by atoms with E-state index in [0.29, 0.717) is 61.3 Å². The highest BCUT2D eigenvalue weighted by Gasteiger charge is 2.29. The first-order chi connectivity index (χ1) is 21.9. The zero-order valence-electron chi connectivity index (χ0n) is 25.7. The lowest BCUT2D eigenvalue weighted by atomic mass is 9.81. The van der Waals surface area contributed by atoms with Crippen molar-refractivity contribution in [3.8, 4) is 17.2 Å². The number of amides is 2. The average molecular weight is 611 g/mol. The molecular weight excluding hydrogens is 571 g/mol. The maximum atomic E-state index is 15.8. The van der Waals surface area contributed by atoms with Gasteiger partial charge in [0.05, 0.1) is 11.1 Å². The van der Waals surface area contributed by atoms with Gasteiger partial charge in [0.1, 0.15) is 16.8 Å². The Balaban J connectivity index is 1.24. The molecule has 234 valence electrons. The maximum Gasteiger partial charge on any atom is 0.256 e. The van der Waals surface area contributed by atoms with Crippen LogP contribution in [0.2, 0.25) is 0 Å². The Hall–Kier alpha value is -4.40. The van der Waals surface area contributed by atoms with Gasteiger partial charge in [-0.05, 0) is 66.5 Å². The lowest BCUT2D eigenvalue weighted by Gasteiger charge is -2.27. The van der Waals surface area contributed by atoms with Gasteiger partial charge in [-0.1, -0.05) is 50.5 Å². The van der Waals surface area contributed by atoms with Gasteiger partial charge in [0, 0.05) is 38.8 Å². The van der Waals surface area contributed by atoms with Gasteiger partial charge in [0.15, 0.2) is 17.3 Å². The number of carbonyl (C=O) groups is 2. The molecule has 2 atom stereocenters. The molecule has 4 aromatic rings. The van der Waals surface area contributed by atoms with Crippen molar-refractivity contribution in [1.29, 1.82) is 0 Å². The molecule has 1 aromatic heterocycles. The third kappa shape index (κ3) is 5.64. The van der Waals surface area contributed by atoms with E-state index in [4.69, 9.17) is 4.74 Å². The predicted molar refractivity (Wildman–Crippen MR) is 174 cm³/mol. The van der Waals surface area contributed by atoms with Crippen molar-refractivity contribution in [3.63, 3.8) is 0 Å². The number of likely N-dealkylation sites (tertiary alicyclic amines) is 1. The van der Waals surface area contributed by atoms with Crippen LogP contribution in [0.25, 0.3) is 27.4 Å². The van der Waals surface area contributed by atoms with Gasteiger partial charge in [-0.25, -0.2) is 4.39 Å². The van der Waals surface area contributed by atoms with Gasteiger partial charge in [-0.3, -0.25) is 14.4 Å². The van der Waals surface area contributed by atoms with Crippen LogP contribution in [0.3, 0.4) is 0 Å². The number of fused-ring (bicyclic) bond motifs is 3. The molecule has 2 unspecified atom stereocenters. The summed E-state index contributed by atoms with van der Waals surface area (Å²) in [4.78, 5) is 41.1. The zero-order chi connectivity index (χ0) is 31.1. The number of benzene rings is 3. The van der Waals surface area contributed by atoms with Crippen molar-refractivity contribution < 1.29 is 18.7 Å². The summed E-state index contributed by atoms with van der Waals surface area (Å²) in [6.07, 6.45) is 9.34. The monoisotopic (exact) mass is 610 g/mol. The van der Waals surface area contributed by atoms with Gasteiger partial charge in [-0.15, -0.1) is 0 Å². The van der Waals surface area contributed by atoms with Crippen LogP contribution < -0.4 is 20.8 Å². The van der Waals surface area contributed by atoms with Gasteiger partial charge in [0.25, 0.3) is 5.91 Å². The molecule has 0 radical (unpaired) electrons. The Bertz CT molecular complexity index is 1870. The molecule has 2 aliphatic heterocycles. The number of nitrogens with one attached hydrogen (secondary N) is 2. The molecule has 45 heavy (non-hydrogen) atoms. The lowest BCUT2D eigenvalue weighted by molar-refractivity contribution is -0.127. The molecule has 3 heterocycles. The van der Waals surface area contributed by atoms with Crippen LogP contribution in [0, 0.1) is 17.7 Å². The number of hydrogen-bond acceptors (Lipinski definition) is 5. The highest BCUT2D eigenvalue weighted by molar-refractivity contribution is 6.02. The third-order valence-corrected chi connectivity index (χ3v) is 9.70. The summed E-state index contributed by atoms with van der Waals surface area (Å²) in [5, 5.41) is 8.16. The molecule has 0 spiro atoms. The molecule has 0 bridgehead atoms. The fourth-order valence-electron chi connectivity index (χ4n) is 7.36. The van der Waals surface area contributed by atoms with E-state index in [2.05, 4.69) is 17.6 Å². The van der Waals surface area contributed by atoms with Crippen molar-refractivity contribution in [1.82, 2.24) is 14.8 Å². The lowest BCUT2D eigenvalue weighted by Crippen LogP contribution is -2.32. The van der Waals surface area contributed by atoms with E-state index in [-0.39, 0.29) is 28.3 Å². The number of anilines is 1. The topological polar surface area (TPSA) is 92.7 Å².